The predicted octanol–water partition coefficient (Wildman–Crippen LogP) is 3.61. The summed E-state index contributed by atoms with van der Waals surface area (Å²) in [6.07, 6.45) is 0. The molecule has 1 aliphatic heterocycles. The first-order chi connectivity index (χ1) is 11.8. The Bertz CT molecular complexity index is 639. The number of piperazine rings is 1. The average Bonchev–Trinajstić information content (AvgIpc) is 3.16. The molecule has 0 bridgehead atoms. The quantitative estimate of drug-likeness (QED) is 0.772. The van der Waals surface area contributed by atoms with E-state index in [-0.39, 0.29) is 30.9 Å². The number of halogens is 2. The molecule has 1 N–H and O–H groups in total. The van der Waals surface area contributed by atoms with Crippen LogP contribution in [0.25, 0.3) is 0 Å². The van der Waals surface area contributed by atoms with Crippen LogP contribution in [0.1, 0.15) is 16.5 Å². The third-order valence-corrected chi connectivity index (χ3v) is 5.26. The second kappa shape index (κ2) is 10.8. The number of nitrogens with one attached hydrogen (secondary N) is 1. The number of nitrogens with zero attached hydrogens (tertiary/aromatic N) is 1. The standard InChI is InChI=1S/C18H24N2O3S.2ClH/c1-21-14-11-13(12-15(22-2)18(14)23-3)17(16-5-4-10-24-16)20-8-6-19-7-9-20;;/h4-5,10-12,17,19H,6-9H2,1-3H3;2*1H/t17-;;/m0../s1. The van der Waals surface area contributed by atoms with Gasteiger partial charge in [0.1, 0.15) is 0 Å². The topological polar surface area (TPSA) is 43.0 Å². The van der Waals surface area contributed by atoms with Crippen LogP contribution in [0.4, 0.5) is 0 Å². The molecule has 1 aromatic heterocycles. The van der Waals surface area contributed by atoms with Gasteiger partial charge in [0.05, 0.1) is 27.4 Å². The number of thiophene rings is 1. The van der Waals surface area contributed by atoms with Gasteiger partial charge in [0, 0.05) is 31.1 Å². The number of ether oxygens (including phenoxy) is 3. The molecule has 2 heterocycles. The third kappa shape index (κ3) is 4.75. The number of methoxy groups -OCH3 is 3. The van der Waals surface area contributed by atoms with Crippen LogP contribution in [0.2, 0.25) is 0 Å². The van der Waals surface area contributed by atoms with E-state index in [1.54, 1.807) is 32.7 Å². The van der Waals surface area contributed by atoms with E-state index in [1.807, 2.05) is 0 Å². The van der Waals surface area contributed by atoms with Gasteiger partial charge in [-0.25, -0.2) is 0 Å². The van der Waals surface area contributed by atoms with Crippen LogP contribution in [0, 0.1) is 0 Å². The zero-order chi connectivity index (χ0) is 16.9. The Morgan fingerprint density at radius 1 is 1.00 bits per heavy atom. The van der Waals surface area contributed by atoms with Gasteiger partial charge in [-0.1, -0.05) is 6.07 Å². The van der Waals surface area contributed by atoms with Gasteiger partial charge in [-0.05, 0) is 29.1 Å². The van der Waals surface area contributed by atoms with E-state index in [0.717, 1.165) is 31.7 Å². The van der Waals surface area contributed by atoms with E-state index in [4.69, 9.17) is 14.2 Å². The van der Waals surface area contributed by atoms with Crippen molar-refractivity contribution in [3.63, 3.8) is 0 Å². The number of rotatable bonds is 6. The second-order valence-corrected chi connectivity index (χ2v) is 6.64. The molecule has 1 saturated heterocycles. The number of benzene rings is 1. The molecule has 0 spiro atoms. The zero-order valence-corrected chi connectivity index (χ0v) is 17.6. The lowest BCUT2D eigenvalue weighted by Crippen LogP contribution is -2.45. The Morgan fingerprint density at radius 3 is 2.08 bits per heavy atom. The van der Waals surface area contributed by atoms with E-state index in [1.165, 1.54) is 4.88 Å². The molecule has 146 valence electrons. The molecule has 1 aromatic carbocycles. The van der Waals surface area contributed by atoms with E-state index >= 15 is 0 Å². The Morgan fingerprint density at radius 2 is 1.62 bits per heavy atom. The summed E-state index contributed by atoms with van der Waals surface area (Å²) >= 11 is 1.78. The van der Waals surface area contributed by atoms with Crippen molar-refractivity contribution in [2.24, 2.45) is 0 Å². The number of hydrogen-bond donors (Lipinski definition) is 1. The number of hydrogen-bond acceptors (Lipinski definition) is 6. The molecule has 5 nitrogen and oxygen atoms in total. The van der Waals surface area contributed by atoms with Crippen LogP contribution in [0.5, 0.6) is 17.2 Å². The van der Waals surface area contributed by atoms with Crippen molar-refractivity contribution in [1.82, 2.24) is 10.2 Å². The summed E-state index contributed by atoms with van der Waals surface area (Å²) in [5, 5.41) is 5.55. The van der Waals surface area contributed by atoms with Crippen LogP contribution < -0.4 is 19.5 Å². The summed E-state index contributed by atoms with van der Waals surface area (Å²) < 4.78 is 16.5. The maximum atomic E-state index is 5.54. The van der Waals surface area contributed by atoms with Gasteiger partial charge >= 0.3 is 0 Å². The molecular weight excluding hydrogens is 395 g/mol. The van der Waals surface area contributed by atoms with Crippen molar-refractivity contribution in [2.75, 3.05) is 47.5 Å². The molecule has 0 saturated carbocycles. The first-order valence-corrected chi connectivity index (χ1v) is 8.94. The Hall–Kier alpha value is -1.18. The average molecular weight is 421 g/mol. The predicted molar refractivity (Wildman–Crippen MR) is 111 cm³/mol. The van der Waals surface area contributed by atoms with Gasteiger partial charge in [-0.15, -0.1) is 36.2 Å². The first-order valence-electron chi connectivity index (χ1n) is 8.06. The molecule has 1 atom stereocenters. The minimum absolute atomic E-state index is 0. The smallest absolute Gasteiger partial charge is 0.203 e. The molecule has 1 aliphatic rings. The lowest BCUT2D eigenvalue weighted by molar-refractivity contribution is 0.200. The van der Waals surface area contributed by atoms with Crippen LogP contribution in [0.3, 0.4) is 0 Å². The third-order valence-electron chi connectivity index (χ3n) is 4.33. The molecule has 3 rings (SSSR count). The fourth-order valence-electron chi connectivity index (χ4n) is 3.20. The molecule has 0 radical (unpaired) electrons. The Balaban J connectivity index is 0.00000169. The molecule has 1 fully saturated rings. The molecule has 0 aliphatic carbocycles. The van der Waals surface area contributed by atoms with Crippen molar-refractivity contribution in [3.05, 3.63) is 40.1 Å². The lowest BCUT2D eigenvalue weighted by atomic mass is 10.0. The molecule has 0 amide bonds. The maximum Gasteiger partial charge on any atom is 0.203 e. The van der Waals surface area contributed by atoms with E-state index in [0.29, 0.717) is 17.2 Å². The second-order valence-electron chi connectivity index (χ2n) is 5.66. The minimum Gasteiger partial charge on any atom is -0.493 e. The maximum absolute atomic E-state index is 5.54. The van der Waals surface area contributed by atoms with Gasteiger partial charge in [0.2, 0.25) is 5.75 Å². The summed E-state index contributed by atoms with van der Waals surface area (Å²) in [7, 11) is 4.95. The van der Waals surface area contributed by atoms with Crippen molar-refractivity contribution >= 4 is 36.2 Å². The molecular formula is C18H26Cl2N2O3S. The minimum atomic E-state index is 0. The summed E-state index contributed by atoms with van der Waals surface area (Å²) in [5.41, 5.74) is 1.16. The monoisotopic (exact) mass is 420 g/mol. The summed E-state index contributed by atoms with van der Waals surface area (Å²) in [5.74, 6) is 2.03. The molecule has 26 heavy (non-hydrogen) atoms. The highest BCUT2D eigenvalue weighted by Crippen LogP contribution is 2.42. The molecule has 0 unspecified atom stereocenters. The molecule has 8 heteroatoms. The fraction of sp³-hybridized carbons (Fsp3) is 0.444. The molecule has 2 aromatic rings. The Kier molecular flexibility index (Phi) is 9.54. The highest BCUT2D eigenvalue weighted by atomic mass is 35.5. The van der Waals surface area contributed by atoms with Gasteiger partial charge in [-0.3, -0.25) is 4.90 Å². The van der Waals surface area contributed by atoms with E-state index in [9.17, 15) is 0 Å². The summed E-state index contributed by atoms with van der Waals surface area (Å²) in [6.45, 7) is 4.04. The van der Waals surface area contributed by atoms with Crippen molar-refractivity contribution in [1.29, 1.82) is 0 Å². The van der Waals surface area contributed by atoms with E-state index < -0.39 is 0 Å². The first kappa shape index (κ1) is 22.9. The van der Waals surface area contributed by atoms with Gasteiger partial charge < -0.3 is 19.5 Å². The highest BCUT2D eigenvalue weighted by molar-refractivity contribution is 7.10. The van der Waals surface area contributed by atoms with Gasteiger partial charge in [0.25, 0.3) is 0 Å². The van der Waals surface area contributed by atoms with Gasteiger partial charge in [-0.2, -0.15) is 0 Å². The van der Waals surface area contributed by atoms with Crippen molar-refractivity contribution < 1.29 is 14.2 Å². The SMILES string of the molecule is COc1cc([C@@H](c2cccs2)N2CCNCC2)cc(OC)c1OC.Cl.Cl. The van der Waals surface area contributed by atoms with E-state index in [2.05, 4.69) is 39.9 Å². The summed E-state index contributed by atoms with van der Waals surface area (Å²) in [6, 6.07) is 8.62. The van der Waals surface area contributed by atoms with Gasteiger partial charge in [0.15, 0.2) is 11.5 Å². The van der Waals surface area contributed by atoms with Crippen LogP contribution in [0.15, 0.2) is 29.6 Å². The largest absolute Gasteiger partial charge is 0.493 e. The highest BCUT2D eigenvalue weighted by Gasteiger charge is 2.27. The van der Waals surface area contributed by atoms with Crippen molar-refractivity contribution in [2.45, 2.75) is 6.04 Å². The fourth-order valence-corrected chi connectivity index (χ4v) is 4.09. The normalized spacial score (nSPS) is 15.3. The van der Waals surface area contributed by atoms with Crippen molar-refractivity contribution in [3.8, 4) is 17.2 Å². The zero-order valence-electron chi connectivity index (χ0n) is 15.2. The lowest BCUT2D eigenvalue weighted by Gasteiger charge is -2.35. The summed E-state index contributed by atoms with van der Waals surface area (Å²) in [4.78, 5) is 3.83. The van der Waals surface area contributed by atoms with Crippen LogP contribution in [-0.2, 0) is 0 Å². The van der Waals surface area contributed by atoms with Crippen LogP contribution >= 0.6 is 36.2 Å². The van der Waals surface area contributed by atoms with Crippen LogP contribution in [-0.4, -0.2) is 52.4 Å². The Labute approximate surface area is 171 Å².